The standard InChI is InChI=1S/C14H12ClN5S2/c1-3-7-20-12(10-5-4-6-11(15)8-10)17-18-13(20)21-14-16-9(2)19-22-14/h3-6,8H,1,7H2,2H3. The molecule has 0 atom stereocenters. The van der Waals surface area contributed by atoms with Crippen molar-refractivity contribution < 1.29 is 0 Å². The van der Waals surface area contributed by atoms with Gasteiger partial charge < -0.3 is 0 Å². The molecule has 0 N–H and O–H groups in total. The Balaban J connectivity index is 1.99. The van der Waals surface area contributed by atoms with Crippen LogP contribution < -0.4 is 0 Å². The first-order chi connectivity index (χ1) is 10.7. The molecular formula is C14H12ClN5S2. The molecule has 0 aliphatic heterocycles. The van der Waals surface area contributed by atoms with Crippen molar-refractivity contribution in [3.8, 4) is 11.4 Å². The van der Waals surface area contributed by atoms with Crippen molar-refractivity contribution in [2.45, 2.75) is 23.0 Å². The number of hydrogen-bond acceptors (Lipinski definition) is 6. The topological polar surface area (TPSA) is 56.5 Å². The van der Waals surface area contributed by atoms with Gasteiger partial charge in [-0.3, -0.25) is 4.57 Å². The Bertz CT molecular complexity index is 811. The first-order valence-electron chi connectivity index (χ1n) is 6.45. The maximum absolute atomic E-state index is 6.06. The third kappa shape index (κ3) is 3.21. The molecule has 8 heteroatoms. The second kappa shape index (κ2) is 6.60. The van der Waals surface area contributed by atoms with Gasteiger partial charge in [-0.25, -0.2) is 4.98 Å². The molecule has 0 spiro atoms. The van der Waals surface area contributed by atoms with E-state index in [1.165, 1.54) is 23.3 Å². The lowest BCUT2D eigenvalue weighted by Crippen LogP contribution is -2.00. The molecule has 0 saturated heterocycles. The molecule has 0 bridgehead atoms. The number of rotatable bonds is 5. The van der Waals surface area contributed by atoms with E-state index in [4.69, 9.17) is 11.6 Å². The second-order valence-electron chi connectivity index (χ2n) is 4.43. The number of aryl methyl sites for hydroxylation is 1. The number of aromatic nitrogens is 5. The Kier molecular flexibility index (Phi) is 4.56. The first kappa shape index (κ1) is 15.2. The van der Waals surface area contributed by atoms with Gasteiger partial charge in [0.25, 0.3) is 0 Å². The maximum atomic E-state index is 6.06. The Labute approximate surface area is 141 Å². The van der Waals surface area contributed by atoms with Crippen molar-refractivity contribution in [2.24, 2.45) is 0 Å². The van der Waals surface area contributed by atoms with Gasteiger partial charge in [0.15, 0.2) is 15.3 Å². The van der Waals surface area contributed by atoms with Crippen LogP contribution in [0.1, 0.15) is 5.82 Å². The highest BCUT2D eigenvalue weighted by molar-refractivity contribution is 8.00. The number of halogens is 1. The molecular weight excluding hydrogens is 338 g/mol. The molecule has 0 radical (unpaired) electrons. The van der Waals surface area contributed by atoms with Crippen LogP contribution in [0.2, 0.25) is 5.02 Å². The van der Waals surface area contributed by atoms with Crippen LogP contribution in [0.15, 0.2) is 46.4 Å². The molecule has 3 rings (SSSR count). The van der Waals surface area contributed by atoms with Crippen LogP contribution in [0, 0.1) is 6.92 Å². The predicted octanol–water partition coefficient (Wildman–Crippen LogP) is 4.10. The summed E-state index contributed by atoms with van der Waals surface area (Å²) in [6.07, 6.45) is 1.81. The SMILES string of the molecule is C=CCn1c(Sc2nc(C)ns2)nnc1-c1cccc(Cl)c1. The smallest absolute Gasteiger partial charge is 0.198 e. The van der Waals surface area contributed by atoms with Crippen molar-refractivity contribution in [1.82, 2.24) is 24.1 Å². The first-order valence-corrected chi connectivity index (χ1v) is 8.42. The fourth-order valence-corrected chi connectivity index (χ4v) is 3.68. The molecule has 0 fully saturated rings. The summed E-state index contributed by atoms with van der Waals surface area (Å²) in [4.78, 5) is 4.35. The third-order valence-corrected chi connectivity index (χ3v) is 4.86. The molecule has 0 aliphatic rings. The Hall–Kier alpha value is -1.70. The summed E-state index contributed by atoms with van der Waals surface area (Å²) in [5.74, 6) is 1.52. The zero-order valence-electron chi connectivity index (χ0n) is 11.7. The fraction of sp³-hybridized carbons (Fsp3) is 0.143. The summed E-state index contributed by atoms with van der Waals surface area (Å²) in [5.41, 5.74) is 0.919. The van der Waals surface area contributed by atoms with Crippen molar-refractivity contribution >= 4 is 34.9 Å². The quantitative estimate of drug-likeness (QED) is 0.649. The average Bonchev–Trinajstić information content (AvgIpc) is 3.07. The molecule has 5 nitrogen and oxygen atoms in total. The Morgan fingerprint density at radius 2 is 2.27 bits per heavy atom. The van der Waals surface area contributed by atoms with E-state index in [9.17, 15) is 0 Å². The van der Waals surface area contributed by atoms with Crippen molar-refractivity contribution in [3.63, 3.8) is 0 Å². The van der Waals surface area contributed by atoms with Crippen LogP contribution in [-0.4, -0.2) is 24.1 Å². The highest BCUT2D eigenvalue weighted by Gasteiger charge is 2.16. The normalized spacial score (nSPS) is 10.8. The lowest BCUT2D eigenvalue weighted by molar-refractivity contribution is 0.731. The van der Waals surface area contributed by atoms with Crippen molar-refractivity contribution in [1.29, 1.82) is 0 Å². The maximum Gasteiger partial charge on any atom is 0.198 e. The van der Waals surface area contributed by atoms with E-state index in [1.807, 2.05) is 41.8 Å². The zero-order chi connectivity index (χ0) is 15.5. The summed E-state index contributed by atoms with van der Waals surface area (Å²) in [5, 5.41) is 9.98. The van der Waals surface area contributed by atoms with E-state index in [0.717, 1.165) is 26.7 Å². The predicted molar refractivity (Wildman–Crippen MR) is 89.4 cm³/mol. The highest BCUT2D eigenvalue weighted by Crippen LogP contribution is 2.31. The van der Waals surface area contributed by atoms with Crippen molar-refractivity contribution in [3.05, 3.63) is 47.8 Å². The van der Waals surface area contributed by atoms with Gasteiger partial charge in [-0.15, -0.1) is 16.8 Å². The number of nitrogens with zero attached hydrogens (tertiary/aromatic N) is 5. The summed E-state index contributed by atoms with van der Waals surface area (Å²) < 4.78 is 7.01. The van der Waals surface area contributed by atoms with Crippen LogP contribution >= 0.6 is 34.9 Å². The van der Waals surface area contributed by atoms with E-state index < -0.39 is 0 Å². The molecule has 0 amide bonds. The lowest BCUT2D eigenvalue weighted by atomic mass is 10.2. The van der Waals surface area contributed by atoms with Gasteiger partial charge in [-0.2, -0.15) is 4.37 Å². The van der Waals surface area contributed by atoms with Gasteiger partial charge in [-0.1, -0.05) is 29.8 Å². The van der Waals surface area contributed by atoms with Gasteiger partial charge in [0.1, 0.15) is 5.82 Å². The monoisotopic (exact) mass is 349 g/mol. The molecule has 0 unspecified atom stereocenters. The van der Waals surface area contributed by atoms with Crippen LogP contribution in [0.25, 0.3) is 11.4 Å². The molecule has 0 aliphatic carbocycles. The molecule has 0 saturated carbocycles. The zero-order valence-corrected chi connectivity index (χ0v) is 14.1. The van der Waals surface area contributed by atoms with Gasteiger partial charge in [-0.05, 0) is 42.4 Å². The molecule has 22 heavy (non-hydrogen) atoms. The van der Waals surface area contributed by atoms with E-state index in [1.54, 1.807) is 0 Å². The minimum Gasteiger partial charge on any atom is -0.298 e. The van der Waals surface area contributed by atoms with Crippen LogP contribution in [0.3, 0.4) is 0 Å². The number of allylic oxidation sites excluding steroid dienone is 1. The molecule has 112 valence electrons. The Morgan fingerprint density at radius 1 is 1.41 bits per heavy atom. The van der Waals surface area contributed by atoms with Crippen molar-refractivity contribution in [2.75, 3.05) is 0 Å². The molecule has 1 aromatic carbocycles. The van der Waals surface area contributed by atoms with Gasteiger partial charge in [0.2, 0.25) is 0 Å². The average molecular weight is 350 g/mol. The summed E-state index contributed by atoms with van der Waals surface area (Å²) in [7, 11) is 0. The fourth-order valence-electron chi connectivity index (χ4n) is 1.90. The third-order valence-electron chi connectivity index (χ3n) is 2.80. The summed E-state index contributed by atoms with van der Waals surface area (Å²) in [6.45, 7) is 6.28. The summed E-state index contributed by atoms with van der Waals surface area (Å²) in [6, 6.07) is 7.55. The van der Waals surface area contributed by atoms with E-state index >= 15 is 0 Å². The van der Waals surface area contributed by atoms with Crippen LogP contribution in [0.4, 0.5) is 0 Å². The largest absolute Gasteiger partial charge is 0.298 e. The molecule has 2 aromatic heterocycles. The van der Waals surface area contributed by atoms with Crippen LogP contribution in [0.5, 0.6) is 0 Å². The minimum atomic E-state index is 0.606. The second-order valence-corrected chi connectivity index (χ2v) is 6.83. The molecule has 2 heterocycles. The number of benzene rings is 1. The number of hydrogen-bond donors (Lipinski definition) is 0. The van der Waals surface area contributed by atoms with E-state index in [-0.39, 0.29) is 0 Å². The van der Waals surface area contributed by atoms with Gasteiger partial charge >= 0.3 is 0 Å². The van der Waals surface area contributed by atoms with Gasteiger partial charge in [0.05, 0.1) is 0 Å². The molecule has 3 aromatic rings. The highest BCUT2D eigenvalue weighted by atomic mass is 35.5. The lowest BCUT2D eigenvalue weighted by Gasteiger charge is -2.06. The minimum absolute atomic E-state index is 0.606. The van der Waals surface area contributed by atoms with Gasteiger partial charge in [0, 0.05) is 17.1 Å². The van der Waals surface area contributed by atoms with E-state index in [0.29, 0.717) is 11.6 Å². The van der Waals surface area contributed by atoms with Crippen LogP contribution in [-0.2, 0) is 6.54 Å². The Morgan fingerprint density at radius 3 is 2.95 bits per heavy atom. The van der Waals surface area contributed by atoms with E-state index in [2.05, 4.69) is 26.1 Å². The summed E-state index contributed by atoms with van der Waals surface area (Å²) >= 11 is 8.86.